The zero-order chi connectivity index (χ0) is 17.7. The molecule has 0 radical (unpaired) electrons. The van der Waals surface area contributed by atoms with Crippen molar-refractivity contribution in [1.82, 2.24) is 15.3 Å². The SMILES string of the molecule is COc1ccc(F)cc1-c1ccnc2[nH]c([C@@H]3C[C@H]4CNC[C@H]4C3)cc12. The Morgan fingerprint density at radius 3 is 2.65 bits per heavy atom. The third-order valence-corrected chi connectivity index (χ3v) is 6.10. The molecule has 26 heavy (non-hydrogen) atoms. The van der Waals surface area contributed by atoms with Gasteiger partial charge < -0.3 is 15.0 Å². The molecular weight excluding hydrogens is 329 g/mol. The van der Waals surface area contributed by atoms with E-state index in [1.807, 2.05) is 6.07 Å². The zero-order valence-electron chi connectivity index (χ0n) is 14.8. The molecule has 0 bridgehead atoms. The highest BCUT2D eigenvalue weighted by molar-refractivity contribution is 5.95. The van der Waals surface area contributed by atoms with E-state index in [0.29, 0.717) is 11.7 Å². The highest BCUT2D eigenvalue weighted by Gasteiger charge is 2.38. The number of H-pyrrole nitrogens is 1. The maximum Gasteiger partial charge on any atom is 0.138 e. The fourth-order valence-electron chi connectivity index (χ4n) is 4.81. The number of fused-ring (bicyclic) bond motifs is 2. The molecule has 134 valence electrons. The predicted molar refractivity (Wildman–Crippen MR) is 99.9 cm³/mol. The summed E-state index contributed by atoms with van der Waals surface area (Å²) in [7, 11) is 1.61. The minimum absolute atomic E-state index is 0.266. The van der Waals surface area contributed by atoms with E-state index in [9.17, 15) is 4.39 Å². The number of nitrogens with one attached hydrogen (secondary N) is 2. The number of hydrogen-bond donors (Lipinski definition) is 2. The van der Waals surface area contributed by atoms with Crippen molar-refractivity contribution in [2.75, 3.05) is 20.2 Å². The molecule has 5 heteroatoms. The summed E-state index contributed by atoms with van der Waals surface area (Å²) in [5.74, 6) is 2.55. The van der Waals surface area contributed by atoms with Crippen LogP contribution in [0.1, 0.15) is 24.5 Å². The minimum Gasteiger partial charge on any atom is -0.496 e. The number of pyridine rings is 1. The number of ether oxygens (including phenoxy) is 1. The molecule has 4 nitrogen and oxygen atoms in total. The third kappa shape index (κ3) is 2.50. The molecule has 2 fully saturated rings. The molecule has 3 atom stereocenters. The van der Waals surface area contributed by atoms with Gasteiger partial charge in [-0.05, 0) is 79.6 Å². The maximum atomic E-state index is 13.9. The van der Waals surface area contributed by atoms with Crippen LogP contribution in [0.5, 0.6) is 5.75 Å². The molecule has 1 aromatic carbocycles. The summed E-state index contributed by atoms with van der Waals surface area (Å²) in [6.07, 6.45) is 4.22. The molecule has 0 unspecified atom stereocenters. The summed E-state index contributed by atoms with van der Waals surface area (Å²) in [6.45, 7) is 2.29. The topological polar surface area (TPSA) is 49.9 Å². The Bertz CT molecular complexity index is 955. The standard InChI is InChI=1S/C21H22FN3O/c1-26-20-3-2-15(22)8-17(20)16-4-5-24-21-18(16)9-19(25-21)12-6-13-10-23-11-14(13)7-12/h2-5,8-9,12-14,23H,6-7,10-11H2,1H3,(H,24,25)/t12-,13+,14-. The second-order valence-electron chi connectivity index (χ2n) is 7.54. The average Bonchev–Trinajstić information content (AvgIpc) is 3.34. The number of halogens is 1. The monoisotopic (exact) mass is 351 g/mol. The van der Waals surface area contributed by atoms with Crippen LogP contribution in [0.3, 0.4) is 0 Å². The first kappa shape index (κ1) is 15.8. The van der Waals surface area contributed by atoms with Crippen molar-refractivity contribution in [3.63, 3.8) is 0 Å². The van der Waals surface area contributed by atoms with Crippen LogP contribution in [0, 0.1) is 17.7 Å². The van der Waals surface area contributed by atoms with Crippen LogP contribution < -0.4 is 10.1 Å². The van der Waals surface area contributed by atoms with Gasteiger partial charge in [-0.25, -0.2) is 9.37 Å². The fraction of sp³-hybridized carbons (Fsp3) is 0.381. The number of nitrogens with zero attached hydrogens (tertiary/aromatic N) is 1. The predicted octanol–water partition coefficient (Wildman–Crippen LogP) is 4.09. The van der Waals surface area contributed by atoms with E-state index < -0.39 is 0 Å². The van der Waals surface area contributed by atoms with Gasteiger partial charge in [-0.2, -0.15) is 0 Å². The number of hydrogen-bond acceptors (Lipinski definition) is 3. The Morgan fingerprint density at radius 2 is 1.88 bits per heavy atom. The van der Waals surface area contributed by atoms with E-state index in [1.54, 1.807) is 19.4 Å². The minimum atomic E-state index is -0.266. The maximum absolute atomic E-state index is 13.9. The first-order valence-electron chi connectivity index (χ1n) is 9.25. The van der Waals surface area contributed by atoms with Gasteiger partial charge in [0.05, 0.1) is 7.11 Å². The molecule has 1 aliphatic carbocycles. The summed E-state index contributed by atoms with van der Waals surface area (Å²) < 4.78 is 19.3. The molecular formula is C21H22FN3O. The number of rotatable bonds is 3. The average molecular weight is 351 g/mol. The molecule has 3 aromatic rings. The Morgan fingerprint density at radius 1 is 1.08 bits per heavy atom. The number of methoxy groups -OCH3 is 1. The van der Waals surface area contributed by atoms with Crippen LogP contribution in [0.2, 0.25) is 0 Å². The largest absolute Gasteiger partial charge is 0.496 e. The summed E-state index contributed by atoms with van der Waals surface area (Å²) >= 11 is 0. The fourth-order valence-corrected chi connectivity index (χ4v) is 4.81. The van der Waals surface area contributed by atoms with Gasteiger partial charge in [-0.1, -0.05) is 0 Å². The van der Waals surface area contributed by atoms with Crippen LogP contribution in [-0.4, -0.2) is 30.2 Å². The second kappa shape index (κ2) is 6.09. The van der Waals surface area contributed by atoms with E-state index >= 15 is 0 Å². The van der Waals surface area contributed by atoms with Gasteiger partial charge in [0.25, 0.3) is 0 Å². The summed E-state index contributed by atoms with van der Waals surface area (Å²) in [4.78, 5) is 8.03. The van der Waals surface area contributed by atoms with Crippen LogP contribution in [0.15, 0.2) is 36.5 Å². The van der Waals surface area contributed by atoms with Crippen molar-refractivity contribution in [3.8, 4) is 16.9 Å². The van der Waals surface area contributed by atoms with Crippen molar-refractivity contribution in [2.45, 2.75) is 18.8 Å². The van der Waals surface area contributed by atoms with Gasteiger partial charge in [0.2, 0.25) is 0 Å². The lowest BCUT2D eigenvalue weighted by molar-refractivity contribution is 0.415. The Labute approximate surface area is 151 Å². The summed E-state index contributed by atoms with van der Waals surface area (Å²) in [5, 5.41) is 4.53. The molecule has 1 saturated carbocycles. The molecule has 2 aromatic heterocycles. The highest BCUT2D eigenvalue weighted by atomic mass is 19.1. The molecule has 0 amide bonds. The van der Waals surface area contributed by atoms with Crippen molar-refractivity contribution in [1.29, 1.82) is 0 Å². The molecule has 2 N–H and O–H groups in total. The van der Waals surface area contributed by atoms with Crippen LogP contribution in [0.25, 0.3) is 22.2 Å². The molecule has 0 spiro atoms. The molecule has 2 aliphatic rings. The highest BCUT2D eigenvalue weighted by Crippen LogP contribution is 2.45. The molecule has 5 rings (SSSR count). The van der Waals surface area contributed by atoms with E-state index in [4.69, 9.17) is 4.74 Å². The Balaban J connectivity index is 1.58. The van der Waals surface area contributed by atoms with Crippen molar-refractivity contribution < 1.29 is 9.13 Å². The number of aromatic amines is 1. The summed E-state index contributed by atoms with van der Waals surface area (Å²) in [6, 6.07) is 8.78. The van der Waals surface area contributed by atoms with Crippen molar-refractivity contribution >= 4 is 11.0 Å². The summed E-state index contributed by atoms with van der Waals surface area (Å²) in [5.41, 5.74) is 3.83. The smallest absolute Gasteiger partial charge is 0.138 e. The lowest BCUT2D eigenvalue weighted by atomic mass is 9.99. The van der Waals surface area contributed by atoms with Crippen LogP contribution in [0.4, 0.5) is 4.39 Å². The van der Waals surface area contributed by atoms with Gasteiger partial charge in [0, 0.05) is 22.8 Å². The molecule has 1 saturated heterocycles. The van der Waals surface area contributed by atoms with E-state index in [-0.39, 0.29) is 5.82 Å². The molecule has 3 heterocycles. The zero-order valence-corrected chi connectivity index (χ0v) is 14.8. The Kier molecular flexibility index (Phi) is 3.71. The lowest BCUT2D eigenvalue weighted by Crippen LogP contribution is -2.11. The second-order valence-corrected chi connectivity index (χ2v) is 7.54. The van der Waals surface area contributed by atoms with Crippen LogP contribution in [-0.2, 0) is 0 Å². The number of aromatic nitrogens is 2. The first-order chi connectivity index (χ1) is 12.7. The van der Waals surface area contributed by atoms with Gasteiger partial charge in [0.1, 0.15) is 17.2 Å². The quantitative estimate of drug-likeness (QED) is 0.747. The third-order valence-electron chi connectivity index (χ3n) is 6.10. The normalized spacial score (nSPS) is 24.9. The van der Waals surface area contributed by atoms with Gasteiger partial charge in [0.15, 0.2) is 0 Å². The number of benzene rings is 1. The van der Waals surface area contributed by atoms with Gasteiger partial charge in [-0.3, -0.25) is 0 Å². The molecule has 1 aliphatic heterocycles. The van der Waals surface area contributed by atoms with Gasteiger partial charge >= 0.3 is 0 Å². The lowest BCUT2D eigenvalue weighted by Gasteiger charge is -2.09. The van der Waals surface area contributed by atoms with E-state index in [0.717, 1.165) is 47.1 Å². The van der Waals surface area contributed by atoms with Crippen LogP contribution >= 0.6 is 0 Å². The van der Waals surface area contributed by atoms with Crippen molar-refractivity contribution in [3.05, 3.63) is 48.0 Å². The van der Waals surface area contributed by atoms with Gasteiger partial charge in [-0.15, -0.1) is 0 Å². The van der Waals surface area contributed by atoms with E-state index in [2.05, 4.69) is 21.4 Å². The van der Waals surface area contributed by atoms with Crippen molar-refractivity contribution in [2.24, 2.45) is 11.8 Å². The Hall–Kier alpha value is -2.40. The first-order valence-corrected chi connectivity index (χ1v) is 9.25. The van der Waals surface area contributed by atoms with E-state index in [1.165, 1.54) is 30.7 Å².